The molecule has 4 aromatic heterocycles. The number of pyridine rings is 2. The summed E-state index contributed by atoms with van der Waals surface area (Å²) >= 11 is 0. The van der Waals surface area contributed by atoms with Gasteiger partial charge in [-0.05, 0) is 48.9 Å². The zero-order chi connectivity index (χ0) is 21.5. The van der Waals surface area contributed by atoms with Crippen LogP contribution in [0.5, 0.6) is 0 Å². The molecule has 4 heterocycles. The average molecular weight is 423 g/mol. The molecule has 6 rings (SSSR count). The van der Waals surface area contributed by atoms with Gasteiger partial charge in [0, 0.05) is 34.3 Å². The van der Waals surface area contributed by atoms with E-state index in [9.17, 15) is 4.79 Å². The second-order valence-corrected chi connectivity index (χ2v) is 8.07. The van der Waals surface area contributed by atoms with Crippen molar-refractivity contribution in [2.24, 2.45) is 0 Å². The number of aromatic nitrogens is 6. The van der Waals surface area contributed by atoms with E-state index in [1.807, 2.05) is 30.5 Å². The molecule has 0 atom stereocenters. The van der Waals surface area contributed by atoms with Gasteiger partial charge in [-0.15, -0.1) is 0 Å². The Labute approximate surface area is 183 Å². The van der Waals surface area contributed by atoms with Crippen LogP contribution in [-0.2, 0) is 19.4 Å². The third-order valence-corrected chi connectivity index (χ3v) is 6.14. The van der Waals surface area contributed by atoms with Gasteiger partial charge in [0.15, 0.2) is 5.65 Å². The molecule has 8 nitrogen and oxygen atoms in total. The molecular weight excluding hydrogens is 402 g/mol. The van der Waals surface area contributed by atoms with E-state index in [-0.39, 0.29) is 5.91 Å². The number of hydrogen-bond donors (Lipinski definition) is 3. The van der Waals surface area contributed by atoms with Crippen LogP contribution in [0.15, 0.2) is 49.1 Å². The summed E-state index contributed by atoms with van der Waals surface area (Å²) in [6.45, 7) is 0.363. The van der Waals surface area contributed by atoms with Crippen molar-refractivity contribution in [1.29, 1.82) is 0 Å². The largest absolute Gasteiger partial charge is 0.347 e. The van der Waals surface area contributed by atoms with Crippen LogP contribution in [-0.4, -0.2) is 36.0 Å². The first-order valence-electron chi connectivity index (χ1n) is 10.8. The second kappa shape index (κ2) is 7.56. The molecule has 8 heteroatoms. The Hall–Kier alpha value is -4.07. The van der Waals surface area contributed by atoms with Crippen LogP contribution >= 0.6 is 0 Å². The smallest absolute Gasteiger partial charge is 0.251 e. The lowest BCUT2D eigenvalue weighted by molar-refractivity contribution is 0.0950. The third kappa shape index (κ3) is 3.11. The van der Waals surface area contributed by atoms with Crippen LogP contribution in [0, 0.1) is 0 Å². The van der Waals surface area contributed by atoms with Gasteiger partial charge in [0.05, 0.1) is 30.1 Å². The Morgan fingerprint density at radius 2 is 1.88 bits per heavy atom. The number of carbonyl (C=O) groups is 1. The summed E-state index contributed by atoms with van der Waals surface area (Å²) in [6.07, 6.45) is 11.4. The Bertz CT molecular complexity index is 1440. The van der Waals surface area contributed by atoms with Crippen molar-refractivity contribution < 1.29 is 4.79 Å². The normalized spacial score (nSPS) is 13.4. The zero-order valence-electron chi connectivity index (χ0n) is 17.4. The first-order chi connectivity index (χ1) is 15.8. The van der Waals surface area contributed by atoms with E-state index < -0.39 is 0 Å². The van der Waals surface area contributed by atoms with E-state index in [4.69, 9.17) is 4.98 Å². The number of amides is 1. The van der Waals surface area contributed by atoms with Gasteiger partial charge in [-0.1, -0.05) is 12.1 Å². The molecule has 1 aliphatic rings. The molecule has 0 fully saturated rings. The molecule has 1 aliphatic carbocycles. The topological polar surface area (TPSA) is 112 Å². The molecule has 1 amide bonds. The molecule has 5 aromatic rings. The van der Waals surface area contributed by atoms with E-state index >= 15 is 0 Å². The molecule has 0 saturated heterocycles. The van der Waals surface area contributed by atoms with E-state index in [0.717, 1.165) is 64.7 Å². The molecular formula is C24H21N7O. The summed E-state index contributed by atoms with van der Waals surface area (Å²) in [4.78, 5) is 29.2. The van der Waals surface area contributed by atoms with Crippen LogP contribution in [0.3, 0.4) is 0 Å². The van der Waals surface area contributed by atoms with Gasteiger partial charge in [-0.2, -0.15) is 5.10 Å². The predicted molar refractivity (Wildman–Crippen MR) is 121 cm³/mol. The number of fused-ring (bicyclic) bond motifs is 5. The van der Waals surface area contributed by atoms with Crippen molar-refractivity contribution in [3.05, 3.63) is 71.6 Å². The highest BCUT2D eigenvalue weighted by Crippen LogP contribution is 2.37. The highest BCUT2D eigenvalue weighted by atomic mass is 16.1. The average Bonchev–Trinajstić information content (AvgIpc) is 3.54. The number of aryl methyl sites for hydroxylation is 1. The summed E-state index contributed by atoms with van der Waals surface area (Å²) in [5.41, 5.74) is 6.87. The molecule has 0 bridgehead atoms. The van der Waals surface area contributed by atoms with E-state index in [1.165, 1.54) is 11.1 Å². The zero-order valence-corrected chi connectivity index (χ0v) is 17.4. The monoisotopic (exact) mass is 423 g/mol. The number of carbonyl (C=O) groups excluding carboxylic acids is 1. The lowest BCUT2D eigenvalue weighted by atomic mass is 9.86. The van der Waals surface area contributed by atoms with Crippen molar-refractivity contribution in [3.8, 4) is 11.3 Å². The predicted octanol–water partition coefficient (Wildman–Crippen LogP) is 3.71. The molecule has 0 spiro atoms. The summed E-state index contributed by atoms with van der Waals surface area (Å²) in [6, 6.07) is 7.64. The lowest BCUT2D eigenvalue weighted by Crippen LogP contribution is -2.23. The van der Waals surface area contributed by atoms with Gasteiger partial charge < -0.3 is 10.3 Å². The number of benzene rings is 1. The minimum absolute atomic E-state index is 0.134. The van der Waals surface area contributed by atoms with Crippen LogP contribution in [0.25, 0.3) is 33.2 Å². The van der Waals surface area contributed by atoms with Gasteiger partial charge >= 0.3 is 0 Å². The number of hydrogen-bond acceptors (Lipinski definition) is 5. The fraction of sp³-hybridized carbons (Fsp3) is 0.208. The Balaban J connectivity index is 1.37. The minimum atomic E-state index is -0.134. The van der Waals surface area contributed by atoms with Gasteiger partial charge in [-0.3, -0.25) is 9.89 Å². The first-order valence-corrected chi connectivity index (χ1v) is 10.8. The number of rotatable bonds is 4. The molecule has 3 N–H and O–H groups in total. The molecule has 0 aliphatic heterocycles. The van der Waals surface area contributed by atoms with Crippen LogP contribution < -0.4 is 5.32 Å². The van der Waals surface area contributed by atoms with Crippen LogP contribution in [0.4, 0.5) is 0 Å². The molecule has 158 valence electrons. The summed E-state index contributed by atoms with van der Waals surface area (Å²) in [5.74, 6) is 0.589. The number of aromatic amines is 2. The number of H-pyrrole nitrogens is 2. The highest BCUT2D eigenvalue weighted by molar-refractivity contribution is 6.05. The maximum atomic E-state index is 12.5. The SMILES string of the molecule is O=C(NCc1ncc[nH]1)c1ccc(-c2nc3ncc4[nH]ncc4c3c3c2CCCC3)cc1. The third-order valence-electron chi connectivity index (χ3n) is 6.14. The maximum Gasteiger partial charge on any atom is 0.251 e. The van der Waals surface area contributed by atoms with Crippen molar-refractivity contribution in [1.82, 2.24) is 35.5 Å². The number of imidazole rings is 1. The van der Waals surface area contributed by atoms with Crippen molar-refractivity contribution in [2.75, 3.05) is 0 Å². The summed E-state index contributed by atoms with van der Waals surface area (Å²) in [7, 11) is 0. The molecule has 32 heavy (non-hydrogen) atoms. The standard InChI is InChI=1S/C24H21N7O/c32-24(28-13-20-25-9-10-26-20)15-7-5-14(6-8-15)22-17-4-2-1-3-16(17)21-18-11-29-31-19(18)12-27-23(21)30-22/h5-12H,1-4,13H2,(H,25,26)(H,28,32)(H,29,31). The molecule has 0 saturated carbocycles. The Morgan fingerprint density at radius 1 is 1.03 bits per heavy atom. The quantitative estimate of drug-likeness (QED) is 0.408. The maximum absolute atomic E-state index is 12.5. The summed E-state index contributed by atoms with van der Waals surface area (Å²) < 4.78 is 0. The second-order valence-electron chi connectivity index (χ2n) is 8.07. The fourth-order valence-corrected chi connectivity index (χ4v) is 4.58. The van der Waals surface area contributed by atoms with Crippen LogP contribution in [0.2, 0.25) is 0 Å². The number of nitrogens with one attached hydrogen (secondary N) is 3. The van der Waals surface area contributed by atoms with Crippen molar-refractivity contribution in [3.63, 3.8) is 0 Å². The van der Waals surface area contributed by atoms with Gasteiger partial charge in [0.2, 0.25) is 0 Å². The van der Waals surface area contributed by atoms with Gasteiger partial charge in [0.25, 0.3) is 5.91 Å². The van der Waals surface area contributed by atoms with E-state index in [2.05, 4.69) is 30.5 Å². The molecule has 0 unspecified atom stereocenters. The Kier molecular flexibility index (Phi) is 4.41. The van der Waals surface area contributed by atoms with Crippen molar-refractivity contribution >= 4 is 27.8 Å². The Morgan fingerprint density at radius 3 is 2.69 bits per heavy atom. The minimum Gasteiger partial charge on any atom is -0.347 e. The summed E-state index contributed by atoms with van der Waals surface area (Å²) in [5, 5.41) is 12.3. The van der Waals surface area contributed by atoms with E-state index in [0.29, 0.717) is 12.1 Å². The molecule has 0 radical (unpaired) electrons. The van der Waals surface area contributed by atoms with Crippen molar-refractivity contribution in [2.45, 2.75) is 32.2 Å². The first kappa shape index (κ1) is 18.7. The van der Waals surface area contributed by atoms with Gasteiger partial charge in [-0.25, -0.2) is 15.0 Å². The highest BCUT2D eigenvalue weighted by Gasteiger charge is 2.22. The number of nitrogens with zero attached hydrogens (tertiary/aromatic N) is 4. The van der Waals surface area contributed by atoms with Crippen LogP contribution in [0.1, 0.15) is 40.2 Å². The van der Waals surface area contributed by atoms with Gasteiger partial charge in [0.1, 0.15) is 5.82 Å². The molecule has 1 aromatic carbocycles. The van der Waals surface area contributed by atoms with E-state index in [1.54, 1.807) is 18.6 Å². The lowest BCUT2D eigenvalue weighted by Gasteiger charge is -2.21. The fourth-order valence-electron chi connectivity index (χ4n) is 4.58.